The van der Waals surface area contributed by atoms with Crippen LogP contribution in [0.4, 0.5) is 0 Å². The number of carbonyl (C=O) groups is 2. The predicted molar refractivity (Wildman–Crippen MR) is 160 cm³/mol. The van der Waals surface area contributed by atoms with Crippen LogP contribution in [0.1, 0.15) is 79.3 Å². The highest BCUT2D eigenvalue weighted by atomic mass is 35.5. The number of carboxylic acids is 1. The molecule has 1 fully saturated rings. The van der Waals surface area contributed by atoms with Gasteiger partial charge in [0.25, 0.3) is 0 Å². The van der Waals surface area contributed by atoms with Gasteiger partial charge < -0.3 is 15.0 Å². The second kappa shape index (κ2) is 14.0. The maximum Gasteiger partial charge on any atom is 0.336 e. The number of amides is 1. The van der Waals surface area contributed by atoms with Crippen LogP contribution in [0.25, 0.3) is 11.1 Å². The summed E-state index contributed by atoms with van der Waals surface area (Å²) in [5.74, 6) is 1.04. The number of unbranched alkanes of at least 4 members (excludes halogenated alkanes) is 1. The fourth-order valence-corrected chi connectivity index (χ4v) is 6.09. The monoisotopic (exact) mass is 567 g/mol. The van der Waals surface area contributed by atoms with Gasteiger partial charge in [-0.3, -0.25) is 4.79 Å². The van der Waals surface area contributed by atoms with E-state index in [9.17, 15) is 14.7 Å². The van der Waals surface area contributed by atoms with Crippen LogP contribution in [0, 0.1) is 11.8 Å². The maximum absolute atomic E-state index is 13.1. The van der Waals surface area contributed by atoms with E-state index in [2.05, 4.69) is 34.4 Å². The highest BCUT2D eigenvalue weighted by Crippen LogP contribution is 2.31. The van der Waals surface area contributed by atoms with E-state index in [4.69, 9.17) is 11.6 Å². The Bertz CT molecular complexity index is 1270. The summed E-state index contributed by atoms with van der Waals surface area (Å²) in [7, 11) is 0. The molecule has 1 aliphatic rings. The van der Waals surface area contributed by atoms with Gasteiger partial charge in [-0.05, 0) is 41.5 Å². The van der Waals surface area contributed by atoms with Crippen LogP contribution in [0.5, 0.6) is 0 Å². The molecule has 1 saturated carbocycles. The Kier molecular flexibility index (Phi) is 10.5. The van der Waals surface area contributed by atoms with E-state index in [0.717, 1.165) is 48.3 Å². The molecule has 1 aromatic heterocycles. The van der Waals surface area contributed by atoms with Gasteiger partial charge in [0.2, 0.25) is 5.91 Å². The molecule has 0 bridgehead atoms. The number of carbonyl (C=O) groups excluding carboxylic acids is 1. The summed E-state index contributed by atoms with van der Waals surface area (Å²) >= 11 is 11.1. The molecule has 0 aliphatic heterocycles. The van der Waals surface area contributed by atoms with Gasteiger partial charge in [-0.15, -0.1) is 0 Å². The molecule has 0 radical (unpaired) electrons. The van der Waals surface area contributed by atoms with Crippen molar-refractivity contribution in [1.29, 1.82) is 0 Å². The van der Waals surface area contributed by atoms with E-state index in [1.54, 1.807) is 12.1 Å². The number of nitrogens with zero attached hydrogens (tertiary/aromatic N) is 2. The molecular formula is C31H38ClN3O3S. The normalized spacial score (nSPS) is 14.4. The molecule has 2 N–H and O–H groups in total. The Hall–Kier alpha value is -2.77. The van der Waals surface area contributed by atoms with Gasteiger partial charge in [0.1, 0.15) is 5.82 Å². The number of benzene rings is 2. The second-order valence-corrected chi connectivity index (χ2v) is 11.2. The molecule has 1 aliphatic carbocycles. The summed E-state index contributed by atoms with van der Waals surface area (Å²) in [6.45, 7) is 3.02. The number of imidazole rings is 1. The Balaban J connectivity index is 1.52. The number of rotatable bonds is 13. The van der Waals surface area contributed by atoms with Crippen molar-refractivity contribution in [3.05, 3.63) is 76.3 Å². The number of aryl methyl sites for hydroxylation is 1. The Morgan fingerprint density at radius 1 is 1.15 bits per heavy atom. The lowest BCUT2D eigenvalue weighted by atomic mass is 9.94. The van der Waals surface area contributed by atoms with Crippen molar-refractivity contribution in [3.8, 4) is 11.1 Å². The van der Waals surface area contributed by atoms with E-state index in [0.29, 0.717) is 35.5 Å². The molecule has 39 heavy (non-hydrogen) atoms. The number of aromatic nitrogens is 2. The largest absolute Gasteiger partial charge is 0.478 e. The Labute approximate surface area is 241 Å². The SMILES string of the molecule is CCCCc1nc(Cl)c(CNC(=O)C(CS)CC2CCCC2)n1Cc1ccc(-c2ccccc2C(=O)O)cc1. The summed E-state index contributed by atoms with van der Waals surface area (Å²) in [5, 5.41) is 13.1. The first kappa shape index (κ1) is 29.2. The Morgan fingerprint density at radius 3 is 2.54 bits per heavy atom. The molecule has 3 aromatic rings. The minimum Gasteiger partial charge on any atom is -0.478 e. The molecule has 0 saturated heterocycles. The highest BCUT2D eigenvalue weighted by molar-refractivity contribution is 7.80. The average Bonchev–Trinajstić information content (AvgIpc) is 3.57. The third kappa shape index (κ3) is 7.46. The standard InChI is InChI=1S/C31H38ClN3O3S/c1-2-3-12-28-34-29(32)27(18-33-30(36)24(20-39)17-21-8-4-5-9-21)35(28)19-22-13-15-23(16-14-22)25-10-6-7-11-26(25)31(37)38/h6-7,10-11,13-16,21,24,39H,2-5,8-9,12,17-20H2,1H3,(H,33,36)(H,37,38). The van der Waals surface area contributed by atoms with E-state index in [1.165, 1.54) is 25.7 Å². The summed E-state index contributed by atoms with van der Waals surface area (Å²) in [5.41, 5.74) is 3.65. The third-order valence-corrected chi connectivity index (χ3v) is 8.48. The molecule has 208 valence electrons. The maximum atomic E-state index is 13.1. The lowest BCUT2D eigenvalue weighted by molar-refractivity contribution is -0.125. The van der Waals surface area contributed by atoms with Crippen molar-refractivity contribution >= 4 is 36.1 Å². The first-order valence-electron chi connectivity index (χ1n) is 13.9. The number of carboxylic acid groups (broad SMARTS) is 1. The Morgan fingerprint density at radius 2 is 1.87 bits per heavy atom. The molecule has 2 aromatic carbocycles. The van der Waals surface area contributed by atoms with Crippen LogP contribution in [0.2, 0.25) is 5.15 Å². The van der Waals surface area contributed by atoms with Crippen LogP contribution < -0.4 is 5.32 Å². The lowest BCUT2D eigenvalue weighted by Crippen LogP contribution is -2.33. The molecule has 1 atom stereocenters. The van der Waals surface area contributed by atoms with E-state index < -0.39 is 5.97 Å². The van der Waals surface area contributed by atoms with Crippen LogP contribution in [0.15, 0.2) is 48.5 Å². The predicted octanol–water partition coefficient (Wildman–Crippen LogP) is 7.04. The topological polar surface area (TPSA) is 84.2 Å². The second-order valence-electron chi connectivity index (χ2n) is 10.5. The highest BCUT2D eigenvalue weighted by Gasteiger charge is 2.25. The quantitative estimate of drug-likeness (QED) is 0.193. The fourth-order valence-electron chi connectivity index (χ4n) is 5.51. The van der Waals surface area contributed by atoms with Gasteiger partial charge in [0, 0.05) is 24.6 Å². The summed E-state index contributed by atoms with van der Waals surface area (Å²) in [6.07, 6.45) is 8.65. The van der Waals surface area contributed by atoms with Gasteiger partial charge in [0.15, 0.2) is 5.15 Å². The molecule has 1 heterocycles. The smallest absolute Gasteiger partial charge is 0.336 e. The molecule has 6 nitrogen and oxygen atoms in total. The van der Waals surface area contributed by atoms with Crippen molar-refractivity contribution in [1.82, 2.24) is 14.9 Å². The minimum absolute atomic E-state index is 0.0253. The zero-order valence-corrected chi connectivity index (χ0v) is 24.2. The van der Waals surface area contributed by atoms with Gasteiger partial charge in [-0.2, -0.15) is 12.6 Å². The molecular weight excluding hydrogens is 530 g/mol. The van der Waals surface area contributed by atoms with Crippen LogP contribution >= 0.6 is 24.2 Å². The summed E-state index contributed by atoms with van der Waals surface area (Å²) in [4.78, 5) is 29.4. The molecule has 4 rings (SSSR count). The van der Waals surface area contributed by atoms with Gasteiger partial charge in [-0.25, -0.2) is 9.78 Å². The first-order chi connectivity index (χ1) is 18.9. The van der Waals surface area contributed by atoms with Crippen molar-refractivity contribution in [2.24, 2.45) is 11.8 Å². The number of hydrogen-bond donors (Lipinski definition) is 3. The van der Waals surface area contributed by atoms with Gasteiger partial charge >= 0.3 is 5.97 Å². The number of hydrogen-bond acceptors (Lipinski definition) is 4. The minimum atomic E-state index is -0.946. The van der Waals surface area contributed by atoms with E-state index >= 15 is 0 Å². The number of thiol groups is 1. The molecule has 0 spiro atoms. The summed E-state index contributed by atoms with van der Waals surface area (Å²) < 4.78 is 2.12. The van der Waals surface area contributed by atoms with Gasteiger partial charge in [0.05, 0.1) is 17.8 Å². The first-order valence-corrected chi connectivity index (χ1v) is 15.0. The van der Waals surface area contributed by atoms with E-state index in [-0.39, 0.29) is 17.4 Å². The fraction of sp³-hybridized carbons (Fsp3) is 0.452. The van der Waals surface area contributed by atoms with Crippen LogP contribution in [-0.2, 0) is 24.3 Å². The lowest BCUT2D eigenvalue weighted by Gasteiger charge is -2.19. The van der Waals surface area contributed by atoms with Crippen LogP contribution in [0.3, 0.4) is 0 Å². The molecule has 1 unspecified atom stereocenters. The average molecular weight is 568 g/mol. The number of nitrogens with one attached hydrogen (secondary N) is 1. The molecule has 1 amide bonds. The van der Waals surface area contributed by atoms with Gasteiger partial charge in [-0.1, -0.05) is 93.1 Å². The van der Waals surface area contributed by atoms with Crippen molar-refractivity contribution < 1.29 is 14.7 Å². The van der Waals surface area contributed by atoms with Crippen molar-refractivity contribution in [3.63, 3.8) is 0 Å². The van der Waals surface area contributed by atoms with Crippen molar-refractivity contribution in [2.45, 2.75) is 71.4 Å². The number of aromatic carboxylic acids is 1. The summed E-state index contributed by atoms with van der Waals surface area (Å²) in [6, 6.07) is 14.9. The zero-order chi connectivity index (χ0) is 27.8. The van der Waals surface area contributed by atoms with Crippen LogP contribution in [-0.4, -0.2) is 32.3 Å². The number of halogens is 1. The zero-order valence-electron chi connectivity index (χ0n) is 22.5. The third-order valence-electron chi connectivity index (χ3n) is 7.73. The van der Waals surface area contributed by atoms with Crippen molar-refractivity contribution in [2.75, 3.05) is 5.75 Å². The molecule has 8 heteroatoms. The van der Waals surface area contributed by atoms with E-state index in [1.807, 2.05) is 36.4 Å².